The van der Waals surface area contributed by atoms with E-state index in [0.29, 0.717) is 27.0 Å². The van der Waals surface area contributed by atoms with Gasteiger partial charge in [0.05, 0.1) is 10.6 Å². The fraction of sp³-hybridized carbons (Fsp3) is 0.0667. The monoisotopic (exact) mass is 320 g/mol. The highest BCUT2D eigenvalue weighted by Gasteiger charge is 2.06. The van der Waals surface area contributed by atoms with Crippen LogP contribution in [0.15, 0.2) is 42.5 Å². The summed E-state index contributed by atoms with van der Waals surface area (Å²) in [5, 5.41) is 12.4. The second-order valence-corrected chi connectivity index (χ2v) is 4.94. The van der Waals surface area contributed by atoms with E-state index in [4.69, 9.17) is 33.2 Å². The molecular weight excluding hydrogens is 311 g/mol. The van der Waals surface area contributed by atoms with Crippen LogP contribution in [0, 0.1) is 11.3 Å². The fourth-order valence-electron chi connectivity index (χ4n) is 1.57. The molecule has 0 radical (unpaired) electrons. The van der Waals surface area contributed by atoms with Gasteiger partial charge in [0, 0.05) is 10.7 Å². The minimum absolute atomic E-state index is 0.147. The van der Waals surface area contributed by atoms with Crippen LogP contribution in [0.3, 0.4) is 0 Å². The predicted octanol–water partition coefficient (Wildman–Crippen LogP) is 3.88. The molecule has 0 unspecified atom stereocenters. The molecule has 2 aromatic rings. The topological polar surface area (TPSA) is 62.1 Å². The molecule has 0 aliphatic heterocycles. The third-order valence-electron chi connectivity index (χ3n) is 2.55. The van der Waals surface area contributed by atoms with Gasteiger partial charge < -0.3 is 10.1 Å². The van der Waals surface area contributed by atoms with Crippen molar-refractivity contribution >= 4 is 34.8 Å². The number of hydrogen-bond acceptors (Lipinski definition) is 3. The number of rotatable bonds is 4. The Bertz CT molecular complexity index is 694. The Morgan fingerprint density at radius 2 is 1.90 bits per heavy atom. The number of nitriles is 1. The Morgan fingerprint density at radius 1 is 1.19 bits per heavy atom. The highest BCUT2D eigenvalue weighted by molar-refractivity contribution is 6.31. The van der Waals surface area contributed by atoms with Crippen LogP contribution in [0.5, 0.6) is 5.75 Å². The average Bonchev–Trinajstić information content (AvgIpc) is 2.48. The molecule has 106 valence electrons. The van der Waals surface area contributed by atoms with E-state index >= 15 is 0 Å². The van der Waals surface area contributed by atoms with Crippen molar-refractivity contribution in [3.05, 3.63) is 58.1 Å². The van der Waals surface area contributed by atoms with Crippen LogP contribution in [0.2, 0.25) is 10.0 Å². The van der Waals surface area contributed by atoms with E-state index in [1.54, 1.807) is 36.4 Å². The maximum absolute atomic E-state index is 11.8. The lowest BCUT2D eigenvalue weighted by molar-refractivity contribution is -0.118. The van der Waals surface area contributed by atoms with Crippen molar-refractivity contribution in [1.82, 2.24) is 0 Å². The molecule has 0 bridgehead atoms. The number of benzene rings is 2. The van der Waals surface area contributed by atoms with Crippen LogP contribution in [0.1, 0.15) is 5.56 Å². The van der Waals surface area contributed by atoms with E-state index in [0.717, 1.165) is 0 Å². The summed E-state index contributed by atoms with van der Waals surface area (Å²) in [6, 6.07) is 13.3. The molecule has 0 fully saturated rings. The van der Waals surface area contributed by atoms with Crippen LogP contribution in [0.25, 0.3) is 0 Å². The van der Waals surface area contributed by atoms with Crippen LogP contribution in [-0.2, 0) is 4.79 Å². The fourth-order valence-corrected chi connectivity index (χ4v) is 1.85. The Labute approximate surface area is 131 Å². The zero-order chi connectivity index (χ0) is 15.2. The summed E-state index contributed by atoms with van der Waals surface area (Å²) in [6.45, 7) is -0.147. The number of nitrogens with one attached hydrogen (secondary N) is 1. The third-order valence-corrected chi connectivity index (χ3v) is 3.14. The molecule has 0 aliphatic rings. The largest absolute Gasteiger partial charge is 0.484 e. The van der Waals surface area contributed by atoms with Crippen LogP contribution >= 0.6 is 23.2 Å². The molecule has 21 heavy (non-hydrogen) atoms. The number of carbonyl (C=O) groups excluding carboxylic acids is 1. The SMILES string of the molecule is N#Cc1cc(NC(=O)COc2ccc(Cl)cc2)ccc1Cl. The van der Waals surface area contributed by atoms with Crippen molar-refractivity contribution in [3.63, 3.8) is 0 Å². The van der Waals surface area contributed by atoms with Gasteiger partial charge in [-0.1, -0.05) is 23.2 Å². The smallest absolute Gasteiger partial charge is 0.262 e. The van der Waals surface area contributed by atoms with Gasteiger partial charge in [-0.05, 0) is 42.5 Å². The first-order chi connectivity index (χ1) is 10.1. The van der Waals surface area contributed by atoms with E-state index in [1.807, 2.05) is 6.07 Å². The molecule has 1 N–H and O–H groups in total. The molecule has 0 aromatic heterocycles. The Morgan fingerprint density at radius 3 is 2.57 bits per heavy atom. The van der Waals surface area contributed by atoms with Gasteiger partial charge in [0.15, 0.2) is 6.61 Å². The van der Waals surface area contributed by atoms with Gasteiger partial charge in [-0.25, -0.2) is 0 Å². The lowest BCUT2D eigenvalue weighted by Gasteiger charge is -2.08. The number of anilines is 1. The Balaban J connectivity index is 1.93. The van der Waals surface area contributed by atoms with E-state index in [-0.39, 0.29) is 12.5 Å². The zero-order valence-electron chi connectivity index (χ0n) is 10.8. The van der Waals surface area contributed by atoms with Crippen molar-refractivity contribution in [2.45, 2.75) is 0 Å². The van der Waals surface area contributed by atoms with Gasteiger partial charge in [0.25, 0.3) is 5.91 Å². The van der Waals surface area contributed by atoms with Gasteiger partial charge in [-0.15, -0.1) is 0 Å². The number of ether oxygens (including phenoxy) is 1. The summed E-state index contributed by atoms with van der Waals surface area (Å²) in [5.74, 6) is 0.208. The number of carbonyl (C=O) groups is 1. The molecular formula is C15H10Cl2N2O2. The number of halogens is 2. The molecule has 0 saturated carbocycles. The molecule has 2 rings (SSSR count). The summed E-state index contributed by atoms with van der Waals surface area (Å²) in [7, 11) is 0. The van der Waals surface area contributed by atoms with Crippen molar-refractivity contribution in [3.8, 4) is 11.8 Å². The Hall–Kier alpha value is -2.22. The lowest BCUT2D eigenvalue weighted by Crippen LogP contribution is -2.20. The van der Waals surface area contributed by atoms with E-state index in [2.05, 4.69) is 5.32 Å². The van der Waals surface area contributed by atoms with Crippen molar-refractivity contribution < 1.29 is 9.53 Å². The first kappa shape index (κ1) is 15.2. The molecule has 0 saturated heterocycles. The number of amides is 1. The molecule has 0 aliphatic carbocycles. The Kier molecular flexibility index (Phi) is 5.04. The van der Waals surface area contributed by atoms with Crippen molar-refractivity contribution in [2.24, 2.45) is 0 Å². The maximum Gasteiger partial charge on any atom is 0.262 e. The average molecular weight is 321 g/mol. The van der Waals surface area contributed by atoms with Gasteiger partial charge in [-0.2, -0.15) is 5.26 Å². The van der Waals surface area contributed by atoms with Gasteiger partial charge in [0.2, 0.25) is 0 Å². The molecule has 0 spiro atoms. The number of nitrogens with zero attached hydrogens (tertiary/aromatic N) is 1. The highest BCUT2D eigenvalue weighted by Crippen LogP contribution is 2.20. The minimum atomic E-state index is -0.337. The number of hydrogen-bond donors (Lipinski definition) is 1. The predicted molar refractivity (Wildman–Crippen MR) is 81.7 cm³/mol. The standard InChI is InChI=1S/C15H10Cl2N2O2/c16-11-1-4-13(5-2-11)21-9-15(20)19-12-3-6-14(17)10(7-12)8-18/h1-7H,9H2,(H,19,20). The molecule has 0 heterocycles. The van der Waals surface area contributed by atoms with Crippen LogP contribution < -0.4 is 10.1 Å². The summed E-state index contributed by atoms with van der Waals surface area (Å²) in [6.07, 6.45) is 0. The summed E-state index contributed by atoms with van der Waals surface area (Å²) in [4.78, 5) is 11.8. The van der Waals surface area contributed by atoms with Crippen LogP contribution in [-0.4, -0.2) is 12.5 Å². The first-order valence-electron chi connectivity index (χ1n) is 5.96. The third kappa shape index (κ3) is 4.38. The molecule has 1 amide bonds. The lowest BCUT2D eigenvalue weighted by atomic mass is 10.2. The second-order valence-electron chi connectivity index (χ2n) is 4.10. The second kappa shape index (κ2) is 6.98. The van der Waals surface area contributed by atoms with E-state index in [9.17, 15) is 4.79 Å². The molecule has 2 aromatic carbocycles. The van der Waals surface area contributed by atoms with Gasteiger partial charge in [-0.3, -0.25) is 4.79 Å². The molecule has 0 atom stereocenters. The first-order valence-corrected chi connectivity index (χ1v) is 6.72. The summed E-state index contributed by atoms with van der Waals surface area (Å²) in [5.41, 5.74) is 0.786. The van der Waals surface area contributed by atoms with E-state index < -0.39 is 0 Å². The normalized spacial score (nSPS) is 9.76. The van der Waals surface area contributed by atoms with Gasteiger partial charge >= 0.3 is 0 Å². The van der Waals surface area contributed by atoms with Gasteiger partial charge in [0.1, 0.15) is 11.8 Å². The molecule has 4 nitrogen and oxygen atoms in total. The minimum Gasteiger partial charge on any atom is -0.484 e. The van der Waals surface area contributed by atoms with E-state index in [1.165, 1.54) is 6.07 Å². The quantitative estimate of drug-likeness (QED) is 0.929. The van der Waals surface area contributed by atoms with Crippen LogP contribution in [0.4, 0.5) is 5.69 Å². The summed E-state index contributed by atoms with van der Waals surface area (Å²) >= 11 is 11.6. The van der Waals surface area contributed by atoms with Crippen molar-refractivity contribution in [2.75, 3.05) is 11.9 Å². The summed E-state index contributed by atoms with van der Waals surface area (Å²) < 4.78 is 5.31. The maximum atomic E-state index is 11.8. The highest BCUT2D eigenvalue weighted by atomic mass is 35.5. The van der Waals surface area contributed by atoms with Crippen molar-refractivity contribution in [1.29, 1.82) is 5.26 Å². The molecule has 6 heteroatoms. The zero-order valence-corrected chi connectivity index (χ0v) is 12.3.